The Hall–Kier alpha value is -3.14. The molecule has 0 radical (unpaired) electrons. The molecule has 0 saturated carbocycles. The van der Waals surface area contributed by atoms with E-state index in [0.29, 0.717) is 22.2 Å². The molecule has 3 rings (SSSR count). The van der Waals surface area contributed by atoms with Crippen molar-refractivity contribution in [2.45, 2.75) is 11.4 Å². The second-order valence-electron chi connectivity index (χ2n) is 6.96. The first-order valence-electron chi connectivity index (χ1n) is 9.90. The molecule has 2 N–H and O–H groups in total. The number of ether oxygens (including phenoxy) is 3. The van der Waals surface area contributed by atoms with E-state index in [1.165, 1.54) is 25.3 Å². The van der Waals surface area contributed by atoms with Crippen molar-refractivity contribution in [2.24, 2.45) is 0 Å². The fraction of sp³-hybridized carbons (Fsp3) is 0.174. The number of hydrogen-bond acceptors (Lipinski definition) is 6. The zero-order chi connectivity index (χ0) is 24.7. The van der Waals surface area contributed by atoms with E-state index in [1.54, 1.807) is 49.6 Å². The number of amides is 1. The van der Waals surface area contributed by atoms with Gasteiger partial charge < -0.3 is 19.5 Å². The number of halogens is 2. The van der Waals surface area contributed by atoms with E-state index in [0.717, 1.165) is 5.56 Å². The molecule has 0 aliphatic carbocycles. The van der Waals surface area contributed by atoms with Gasteiger partial charge in [0.15, 0.2) is 18.1 Å². The molecule has 0 spiro atoms. The quantitative estimate of drug-likeness (QED) is 0.404. The number of carbonyl (C=O) groups is 1. The Labute approximate surface area is 207 Å². The van der Waals surface area contributed by atoms with Crippen LogP contribution in [0.2, 0.25) is 10.0 Å². The van der Waals surface area contributed by atoms with E-state index in [2.05, 4.69) is 10.0 Å². The third-order valence-corrected chi connectivity index (χ3v) is 6.53. The largest absolute Gasteiger partial charge is 0.493 e. The van der Waals surface area contributed by atoms with Gasteiger partial charge in [-0.1, -0.05) is 29.3 Å². The number of rotatable bonds is 10. The molecule has 0 fully saturated rings. The van der Waals surface area contributed by atoms with Gasteiger partial charge in [0.1, 0.15) is 5.75 Å². The Morgan fingerprint density at radius 1 is 0.882 bits per heavy atom. The van der Waals surface area contributed by atoms with Crippen LogP contribution >= 0.6 is 23.2 Å². The molecule has 0 unspecified atom stereocenters. The van der Waals surface area contributed by atoms with Gasteiger partial charge in [0.2, 0.25) is 0 Å². The highest BCUT2D eigenvalue weighted by atomic mass is 35.5. The number of hydrogen-bond donors (Lipinski definition) is 2. The molecule has 0 aliphatic heterocycles. The highest BCUT2D eigenvalue weighted by molar-refractivity contribution is 7.92. The third kappa shape index (κ3) is 6.69. The summed E-state index contributed by atoms with van der Waals surface area (Å²) in [6.45, 7) is -0.0496. The van der Waals surface area contributed by atoms with Crippen LogP contribution in [0.15, 0.2) is 65.6 Å². The highest BCUT2D eigenvalue weighted by Crippen LogP contribution is 2.29. The lowest BCUT2D eigenvalue weighted by molar-refractivity contribution is -0.123. The van der Waals surface area contributed by atoms with Crippen molar-refractivity contribution in [3.05, 3.63) is 76.3 Å². The van der Waals surface area contributed by atoms with Crippen LogP contribution in [-0.4, -0.2) is 35.2 Å². The molecule has 34 heavy (non-hydrogen) atoms. The van der Waals surface area contributed by atoms with Gasteiger partial charge in [-0.25, -0.2) is 8.42 Å². The van der Waals surface area contributed by atoms with Crippen molar-refractivity contribution in [3.8, 4) is 17.2 Å². The first kappa shape index (κ1) is 25.5. The molecular weight excluding hydrogens is 503 g/mol. The van der Waals surface area contributed by atoms with Gasteiger partial charge >= 0.3 is 0 Å². The SMILES string of the molecule is COc1ccc(CNC(=O)COc2ccc(S(=O)(=O)Nc3ccc(Cl)cc3)cc2Cl)cc1OC. The molecule has 3 aromatic carbocycles. The fourth-order valence-electron chi connectivity index (χ4n) is 2.88. The molecule has 11 heteroatoms. The Balaban J connectivity index is 1.57. The Bertz CT molecular complexity index is 1270. The van der Waals surface area contributed by atoms with Crippen LogP contribution < -0.4 is 24.2 Å². The Morgan fingerprint density at radius 2 is 1.56 bits per heavy atom. The molecular formula is C23H22Cl2N2O6S. The monoisotopic (exact) mass is 524 g/mol. The number of sulfonamides is 1. The molecule has 0 saturated heterocycles. The lowest BCUT2D eigenvalue weighted by atomic mass is 10.2. The summed E-state index contributed by atoms with van der Waals surface area (Å²) in [7, 11) is -0.807. The first-order chi connectivity index (χ1) is 16.2. The topological polar surface area (TPSA) is 103 Å². The van der Waals surface area contributed by atoms with Crippen molar-refractivity contribution in [3.63, 3.8) is 0 Å². The average molecular weight is 525 g/mol. The van der Waals surface area contributed by atoms with Gasteiger partial charge in [-0.15, -0.1) is 0 Å². The molecule has 8 nitrogen and oxygen atoms in total. The predicted molar refractivity (Wildman–Crippen MR) is 131 cm³/mol. The smallest absolute Gasteiger partial charge is 0.261 e. The molecule has 1 amide bonds. The Morgan fingerprint density at radius 3 is 2.21 bits per heavy atom. The summed E-state index contributed by atoms with van der Waals surface area (Å²) in [5.74, 6) is 0.933. The summed E-state index contributed by atoms with van der Waals surface area (Å²) >= 11 is 12.0. The van der Waals surface area contributed by atoms with Crippen molar-refractivity contribution < 1.29 is 27.4 Å². The average Bonchev–Trinajstić information content (AvgIpc) is 2.83. The summed E-state index contributed by atoms with van der Waals surface area (Å²) < 4.78 is 43.5. The van der Waals surface area contributed by atoms with Crippen molar-refractivity contribution in [1.29, 1.82) is 0 Å². The molecule has 0 aromatic heterocycles. The van der Waals surface area contributed by atoms with Crippen LogP contribution in [0.4, 0.5) is 5.69 Å². The Kier molecular flexibility index (Phi) is 8.49. The van der Waals surface area contributed by atoms with E-state index >= 15 is 0 Å². The standard InChI is InChI=1S/C23H22Cl2N2O6S/c1-31-21-9-3-15(11-22(21)32-2)13-26-23(28)14-33-20-10-8-18(12-19(20)25)34(29,30)27-17-6-4-16(24)5-7-17/h3-12,27H,13-14H2,1-2H3,(H,26,28). The number of benzene rings is 3. The van der Waals surface area contributed by atoms with Crippen LogP contribution in [0.3, 0.4) is 0 Å². The summed E-state index contributed by atoms with van der Waals surface area (Å²) in [4.78, 5) is 12.1. The van der Waals surface area contributed by atoms with E-state index in [4.69, 9.17) is 37.4 Å². The molecule has 0 heterocycles. The van der Waals surface area contributed by atoms with Gasteiger partial charge in [0.05, 0.1) is 24.1 Å². The highest BCUT2D eigenvalue weighted by Gasteiger charge is 2.17. The summed E-state index contributed by atoms with van der Waals surface area (Å²) in [6, 6.07) is 15.5. The van der Waals surface area contributed by atoms with E-state index < -0.39 is 10.0 Å². The zero-order valence-corrected chi connectivity index (χ0v) is 20.6. The summed E-state index contributed by atoms with van der Waals surface area (Å²) in [6.07, 6.45) is 0. The number of carbonyl (C=O) groups excluding carboxylic acids is 1. The van der Waals surface area contributed by atoms with Gasteiger partial charge in [0.25, 0.3) is 15.9 Å². The lowest BCUT2D eigenvalue weighted by Gasteiger charge is -2.12. The van der Waals surface area contributed by atoms with Crippen molar-refractivity contribution in [2.75, 3.05) is 25.5 Å². The van der Waals surface area contributed by atoms with Crippen LogP contribution in [0.1, 0.15) is 5.56 Å². The van der Waals surface area contributed by atoms with Gasteiger partial charge in [0, 0.05) is 17.3 Å². The van der Waals surface area contributed by atoms with Crippen LogP contribution in [-0.2, 0) is 21.4 Å². The number of methoxy groups -OCH3 is 2. The van der Waals surface area contributed by atoms with Crippen LogP contribution in [0.25, 0.3) is 0 Å². The van der Waals surface area contributed by atoms with E-state index in [-0.39, 0.29) is 34.7 Å². The zero-order valence-electron chi connectivity index (χ0n) is 18.3. The normalized spacial score (nSPS) is 10.9. The second-order valence-corrected chi connectivity index (χ2v) is 9.49. The summed E-state index contributed by atoms with van der Waals surface area (Å²) in [5.41, 5.74) is 1.17. The third-order valence-electron chi connectivity index (χ3n) is 4.61. The van der Waals surface area contributed by atoms with Crippen molar-refractivity contribution in [1.82, 2.24) is 5.32 Å². The van der Waals surface area contributed by atoms with Gasteiger partial charge in [-0.2, -0.15) is 0 Å². The fourth-order valence-corrected chi connectivity index (χ4v) is 4.39. The summed E-state index contributed by atoms with van der Waals surface area (Å²) in [5, 5.41) is 3.26. The predicted octanol–water partition coefficient (Wildman–Crippen LogP) is 4.51. The van der Waals surface area contributed by atoms with E-state index in [1.807, 2.05) is 0 Å². The number of anilines is 1. The number of nitrogens with one attached hydrogen (secondary N) is 2. The maximum Gasteiger partial charge on any atom is 0.261 e. The molecule has 3 aromatic rings. The minimum absolute atomic E-state index is 0.0478. The lowest BCUT2D eigenvalue weighted by Crippen LogP contribution is -2.28. The first-order valence-corrected chi connectivity index (χ1v) is 12.1. The van der Waals surface area contributed by atoms with Crippen LogP contribution in [0.5, 0.6) is 17.2 Å². The maximum absolute atomic E-state index is 12.6. The minimum atomic E-state index is -3.88. The van der Waals surface area contributed by atoms with Gasteiger partial charge in [-0.3, -0.25) is 9.52 Å². The van der Waals surface area contributed by atoms with E-state index in [9.17, 15) is 13.2 Å². The molecule has 180 valence electrons. The van der Waals surface area contributed by atoms with Gasteiger partial charge in [-0.05, 0) is 60.2 Å². The van der Waals surface area contributed by atoms with Crippen LogP contribution in [0, 0.1) is 0 Å². The minimum Gasteiger partial charge on any atom is -0.493 e. The van der Waals surface area contributed by atoms with Crippen molar-refractivity contribution >= 4 is 44.8 Å². The molecule has 0 bridgehead atoms. The second kappa shape index (κ2) is 11.3. The maximum atomic E-state index is 12.6. The molecule has 0 aliphatic rings. The molecule has 0 atom stereocenters.